The summed E-state index contributed by atoms with van der Waals surface area (Å²) in [6, 6.07) is 5.16. The average Bonchev–Trinajstić information content (AvgIpc) is 2.91. The Morgan fingerprint density at radius 2 is 2.50 bits per heavy atom. The van der Waals surface area contributed by atoms with Crippen LogP contribution in [0.1, 0.15) is 29.0 Å². The molecule has 98 valence electrons. The molecule has 0 aromatic carbocycles. The van der Waals surface area contributed by atoms with Crippen LogP contribution >= 0.6 is 0 Å². The summed E-state index contributed by atoms with van der Waals surface area (Å²) < 4.78 is 11.0. The Morgan fingerprint density at radius 3 is 3.22 bits per heavy atom. The van der Waals surface area contributed by atoms with Crippen molar-refractivity contribution >= 4 is 5.91 Å². The van der Waals surface area contributed by atoms with Crippen molar-refractivity contribution in [2.45, 2.75) is 25.6 Å². The lowest BCUT2D eigenvalue weighted by atomic mass is 10.2. The number of amides is 1. The minimum Gasteiger partial charge on any atom is -0.376 e. The van der Waals surface area contributed by atoms with Crippen molar-refractivity contribution in [2.75, 3.05) is 13.2 Å². The number of rotatable bonds is 5. The van der Waals surface area contributed by atoms with Gasteiger partial charge in [0.25, 0.3) is 5.91 Å². The second-order valence-electron chi connectivity index (χ2n) is 4.14. The van der Waals surface area contributed by atoms with Crippen LogP contribution in [0.3, 0.4) is 0 Å². The summed E-state index contributed by atoms with van der Waals surface area (Å²) in [5.41, 5.74) is 3.04. The van der Waals surface area contributed by atoms with E-state index in [9.17, 15) is 4.79 Å². The lowest BCUT2D eigenvalue weighted by Gasteiger charge is -2.10. The average molecular weight is 251 g/mol. The van der Waals surface area contributed by atoms with Gasteiger partial charge in [-0.1, -0.05) is 6.07 Å². The van der Waals surface area contributed by atoms with Crippen LogP contribution in [-0.4, -0.2) is 30.2 Å². The molecule has 0 spiro atoms. The topological polar surface area (TPSA) is 86.5 Å². The van der Waals surface area contributed by atoms with E-state index >= 15 is 0 Å². The number of carbonyl (C=O) groups excluding carboxylic acids is 1. The number of nitrogens with zero attached hydrogens (tertiary/aromatic N) is 1. The van der Waals surface area contributed by atoms with Crippen LogP contribution in [0.15, 0.2) is 18.2 Å². The number of nitrogen functional groups attached to an aromatic ring is 1. The van der Waals surface area contributed by atoms with Crippen molar-refractivity contribution in [3.05, 3.63) is 29.6 Å². The highest BCUT2D eigenvalue weighted by molar-refractivity contribution is 5.91. The van der Waals surface area contributed by atoms with Crippen molar-refractivity contribution in [2.24, 2.45) is 5.84 Å². The number of ether oxygens (including phenoxy) is 2. The van der Waals surface area contributed by atoms with Crippen LogP contribution < -0.4 is 11.3 Å². The number of carbonyl (C=O) groups is 1. The molecule has 0 radical (unpaired) electrons. The Bertz CT molecular complexity index is 405. The Labute approximate surface area is 105 Å². The Hall–Kier alpha value is -1.50. The summed E-state index contributed by atoms with van der Waals surface area (Å²) in [7, 11) is 0. The number of hydrogen-bond acceptors (Lipinski definition) is 5. The van der Waals surface area contributed by atoms with Crippen molar-refractivity contribution in [3.8, 4) is 0 Å². The number of pyridine rings is 1. The maximum atomic E-state index is 11.3. The molecule has 18 heavy (non-hydrogen) atoms. The first-order valence-corrected chi connectivity index (χ1v) is 5.96. The van der Waals surface area contributed by atoms with Gasteiger partial charge in [-0.25, -0.2) is 10.8 Å². The van der Waals surface area contributed by atoms with Gasteiger partial charge in [-0.05, 0) is 25.0 Å². The van der Waals surface area contributed by atoms with Gasteiger partial charge in [0.1, 0.15) is 5.69 Å². The smallest absolute Gasteiger partial charge is 0.283 e. The molecule has 1 aliphatic heterocycles. The minimum absolute atomic E-state index is 0.195. The monoisotopic (exact) mass is 251 g/mol. The number of nitrogens with one attached hydrogen (secondary N) is 1. The van der Waals surface area contributed by atoms with Crippen LogP contribution in [0.4, 0.5) is 0 Å². The largest absolute Gasteiger partial charge is 0.376 e. The molecule has 1 saturated heterocycles. The zero-order chi connectivity index (χ0) is 12.8. The van der Waals surface area contributed by atoms with Crippen LogP contribution in [-0.2, 0) is 16.1 Å². The lowest BCUT2D eigenvalue weighted by Crippen LogP contribution is -2.30. The van der Waals surface area contributed by atoms with Gasteiger partial charge in [0.05, 0.1) is 25.0 Å². The van der Waals surface area contributed by atoms with Gasteiger partial charge >= 0.3 is 0 Å². The van der Waals surface area contributed by atoms with Gasteiger partial charge < -0.3 is 9.47 Å². The summed E-state index contributed by atoms with van der Waals surface area (Å²) in [4.78, 5) is 15.4. The molecule has 1 aromatic rings. The molecule has 0 saturated carbocycles. The molecule has 0 aliphatic carbocycles. The molecular weight excluding hydrogens is 234 g/mol. The molecule has 2 heterocycles. The third kappa shape index (κ3) is 3.49. The van der Waals surface area contributed by atoms with E-state index in [1.165, 1.54) is 0 Å². The molecular formula is C12H17N3O3. The Morgan fingerprint density at radius 1 is 1.61 bits per heavy atom. The molecule has 1 aliphatic rings. The number of nitrogens with two attached hydrogens (primary N) is 1. The third-order valence-electron chi connectivity index (χ3n) is 2.75. The van der Waals surface area contributed by atoms with Gasteiger partial charge in [0, 0.05) is 6.61 Å². The normalized spacial score (nSPS) is 18.8. The van der Waals surface area contributed by atoms with Crippen LogP contribution in [0.2, 0.25) is 0 Å². The standard InChI is InChI=1S/C12H17N3O3/c13-15-12(16)11-5-1-3-9(14-11)7-17-8-10-4-2-6-18-10/h1,3,5,10H,2,4,6-8,13H2,(H,15,16). The molecule has 6 heteroatoms. The third-order valence-corrected chi connectivity index (χ3v) is 2.75. The van der Waals surface area contributed by atoms with E-state index in [2.05, 4.69) is 4.98 Å². The molecule has 6 nitrogen and oxygen atoms in total. The summed E-state index contributed by atoms with van der Waals surface area (Å²) in [6.07, 6.45) is 2.34. The zero-order valence-electron chi connectivity index (χ0n) is 10.1. The highest BCUT2D eigenvalue weighted by Crippen LogP contribution is 2.12. The summed E-state index contributed by atoms with van der Waals surface area (Å²) >= 11 is 0. The van der Waals surface area contributed by atoms with E-state index in [-0.39, 0.29) is 11.8 Å². The van der Waals surface area contributed by atoms with E-state index in [1.54, 1.807) is 12.1 Å². The number of aromatic nitrogens is 1. The van der Waals surface area contributed by atoms with E-state index in [1.807, 2.05) is 11.5 Å². The first kappa shape index (κ1) is 12.9. The van der Waals surface area contributed by atoms with Crippen LogP contribution in [0.25, 0.3) is 0 Å². The van der Waals surface area contributed by atoms with Crippen LogP contribution in [0.5, 0.6) is 0 Å². The molecule has 3 N–H and O–H groups in total. The molecule has 1 amide bonds. The van der Waals surface area contributed by atoms with Gasteiger partial charge in [-0.2, -0.15) is 0 Å². The number of hydrazine groups is 1. The molecule has 0 bridgehead atoms. The van der Waals surface area contributed by atoms with E-state index < -0.39 is 5.91 Å². The molecule has 1 aromatic heterocycles. The molecule has 1 atom stereocenters. The quantitative estimate of drug-likeness (QED) is 0.449. The Kier molecular flexibility index (Phi) is 4.63. The first-order valence-electron chi connectivity index (χ1n) is 5.96. The lowest BCUT2D eigenvalue weighted by molar-refractivity contribution is 0.00961. The number of hydrogen-bond donors (Lipinski definition) is 2. The van der Waals surface area contributed by atoms with Gasteiger partial charge in [0.2, 0.25) is 0 Å². The van der Waals surface area contributed by atoms with Gasteiger partial charge in [-0.15, -0.1) is 0 Å². The van der Waals surface area contributed by atoms with Crippen molar-refractivity contribution in [3.63, 3.8) is 0 Å². The van der Waals surface area contributed by atoms with Crippen molar-refractivity contribution in [1.82, 2.24) is 10.4 Å². The predicted molar refractivity (Wildman–Crippen MR) is 64.5 cm³/mol. The molecule has 2 rings (SSSR count). The van der Waals surface area contributed by atoms with Gasteiger partial charge in [0.15, 0.2) is 0 Å². The van der Waals surface area contributed by atoms with Crippen molar-refractivity contribution in [1.29, 1.82) is 0 Å². The molecule has 1 unspecified atom stereocenters. The minimum atomic E-state index is -0.407. The highest BCUT2D eigenvalue weighted by Gasteiger charge is 2.15. The highest BCUT2D eigenvalue weighted by atomic mass is 16.5. The first-order chi connectivity index (χ1) is 8.79. The van der Waals surface area contributed by atoms with E-state index in [0.29, 0.717) is 18.9 Å². The van der Waals surface area contributed by atoms with E-state index in [0.717, 1.165) is 19.4 Å². The fourth-order valence-corrected chi connectivity index (χ4v) is 1.83. The predicted octanol–water partition coefficient (Wildman–Crippen LogP) is 0.381. The second-order valence-corrected chi connectivity index (χ2v) is 4.14. The summed E-state index contributed by atoms with van der Waals surface area (Å²) in [5, 5.41) is 0. The van der Waals surface area contributed by atoms with E-state index in [4.69, 9.17) is 15.3 Å². The molecule has 1 fully saturated rings. The summed E-state index contributed by atoms with van der Waals surface area (Å²) in [6.45, 7) is 1.75. The second kappa shape index (κ2) is 6.44. The maximum absolute atomic E-state index is 11.3. The summed E-state index contributed by atoms with van der Waals surface area (Å²) in [5.74, 6) is 4.64. The SMILES string of the molecule is NNC(=O)c1cccc(COCC2CCCO2)n1. The van der Waals surface area contributed by atoms with Crippen LogP contribution in [0, 0.1) is 0 Å². The van der Waals surface area contributed by atoms with Gasteiger partial charge in [-0.3, -0.25) is 10.2 Å². The fraction of sp³-hybridized carbons (Fsp3) is 0.500. The maximum Gasteiger partial charge on any atom is 0.283 e. The van der Waals surface area contributed by atoms with Crippen molar-refractivity contribution < 1.29 is 14.3 Å². The Balaban J connectivity index is 1.83. The fourth-order valence-electron chi connectivity index (χ4n) is 1.83. The zero-order valence-corrected chi connectivity index (χ0v) is 10.1.